The van der Waals surface area contributed by atoms with Gasteiger partial charge in [-0.15, -0.1) is 0 Å². The molecule has 0 radical (unpaired) electrons. The Morgan fingerprint density at radius 2 is 2.08 bits per heavy atom. The van der Waals surface area contributed by atoms with E-state index in [4.69, 9.17) is 0 Å². The summed E-state index contributed by atoms with van der Waals surface area (Å²) in [5.41, 5.74) is 3.54. The van der Waals surface area contributed by atoms with Gasteiger partial charge >= 0.3 is 0 Å². The molecule has 0 saturated carbocycles. The minimum atomic E-state index is 0.641. The van der Waals surface area contributed by atoms with Crippen LogP contribution in [0.4, 0.5) is 0 Å². The number of aliphatic imine (C=N–C) groups is 1. The smallest absolute Gasteiger partial charge is 0.191 e. The SMILES string of the molecule is CN=C(NCc1c(C)nn(C)c1C)NCC1CCCN(C(C)C)C1. The number of aryl methyl sites for hydroxylation is 2. The normalized spacial score (nSPS) is 19.8. The quantitative estimate of drug-likeness (QED) is 0.637. The molecule has 1 aliphatic heterocycles. The summed E-state index contributed by atoms with van der Waals surface area (Å²) in [7, 11) is 3.82. The molecule has 1 aromatic heterocycles. The highest BCUT2D eigenvalue weighted by Gasteiger charge is 2.21. The lowest BCUT2D eigenvalue weighted by Gasteiger charge is -2.35. The molecule has 2 rings (SSSR count). The fourth-order valence-corrected chi connectivity index (χ4v) is 3.44. The van der Waals surface area contributed by atoms with Crippen LogP contribution in [0.3, 0.4) is 0 Å². The van der Waals surface area contributed by atoms with E-state index >= 15 is 0 Å². The summed E-state index contributed by atoms with van der Waals surface area (Å²) in [5.74, 6) is 1.57. The summed E-state index contributed by atoms with van der Waals surface area (Å²) in [6.45, 7) is 12.9. The highest BCUT2D eigenvalue weighted by molar-refractivity contribution is 5.79. The molecular formula is C18H34N6. The first-order valence-electron chi connectivity index (χ1n) is 9.10. The molecule has 0 bridgehead atoms. The van der Waals surface area contributed by atoms with Gasteiger partial charge in [-0.2, -0.15) is 5.10 Å². The maximum absolute atomic E-state index is 4.47. The van der Waals surface area contributed by atoms with Crippen LogP contribution in [0.25, 0.3) is 0 Å². The second-order valence-corrected chi connectivity index (χ2v) is 7.18. The molecule has 1 aliphatic rings. The van der Waals surface area contributed by atoms with Gasteiger partial charge in [-0.3, -0.25) is 9.67 Å². The van der Waals surface area contributed by atoms with E-state index in [1.165, 1.54) is 37.2 Å². The fraction of sp³-hybridized carbons (Fsp3) is 0.778. The van der Waals surface area contributed by atoms with Crippen molar-refractivity contribution in [1.82, 2.24) is 25.3 Å². The number of nitrogens with zero attached hydrogens (tertiary/aromatic N) is 4. The van der Waals surface area contributed by atoms with E-state index in [0.717, 1.165) is 24.7 Å². The number of nitrogens with one attached hydrogen (secondary N) is 2. The van der Waals surface area contributed by atoms with Gasteiger partial charge < -0.3 is 15.5 Å². The average molecular weight is 335 g/mol. The van der Waals surface area contributed by atoms with Gasteiger partial charge in [0.05, 0.1) is 5.69 Å². The summed E-state index contributed by atoms with van der Waals surface area (Å²) in [6, 6.07) is 0.641. The van der Waals surface area contributed by atoms with Gasteiger partial charge in [0.25, 0.3) is 0 Å². The van der Waals surface area contributed by atoms with Gasteiger partial charge in [0.15, 0.2) is 5.96 Å². The van der Waals surface area contributed by atoms with Crippen LogP contribution in [0, 0.1) is 19.8 Å². The van der Waals surface area contributed by atoms with Crippen molar-refractivity contribution in [2.45, 2.75) is 53.1 Å². The van der Waals surface area contributed by atoms with Crippen molar-refractivity contribution in [3.8, 4) is 0 Å². The third-order valence-corrected chi connectivity index (χ3v) is 5.15. The second-order valence-electron chi connectivity index (χ2n) is 7.18. The number of guanidine groups is 1. The Morgan fingerprint density at radius 1 is 1.33 bits per heavy atom. The number of likely N-dealkylation sites (tertiary alicyclic amines) is 1. The number of aromatic nitrogens is 2. The molecule has 0 amide bonds. The Kier molecular flexibility index (Phi) is 6.66. The Balaban J connectivity index is 1.82. The van der Waals surface area contributed by atoms with Crippen LogP contribution in [0.5, 0.6) is 0 Å². The van der Waals surface area contributed by atoms with Crippen molar-refractivity contribution in [2.24, 2.45) is 18.0 Å². The number of piperidine rings is 1. The van der Waals surface area contributed by atoms with Crippen molar-refractivity contribution >= 4 is 5.96 Å². The van der Waals surface area contributed by atoms with Crippen molar-refractivity contribution in [3.63, 3.8) is 0 Å². The lowest BCUT2D eigenvalue weighted by Crippen LogP contribution is -2.46. The molecule has 2 heterocycles. The lowest BCUT2D eigenvalue weighted by molar-refractivity contribution is 0.141. The minimum Gasteiger partial charge on any atom is -0.356 e. The van der Waals surface area contributed by atoms with Gasteiger partial charge in [0.1, 0.15) is 0 Å². The van der Waals surface area contributed by atoms with Gasteiger partial charge in [0.2, 0.25) is 0 Å². The maximum Gasteiger partial charge on any atom is 0.191 e. The van der Waals surface area contributed by atoms with Gasteiger partial charge in [0, 0.05) is 51.0 Å². The zero-order valence-corrected chi connectivity index (χ0v) is 16.2. The molecule has 0 spiro atoms. The Labute approximate surface area is 146 Å². The number of hydrogen-bond acceptors (Lipinski definition) is 3. The summed E-state index contributed by atoms with van der Waals surface area (Å²) >= 11 is 0. The lowest BCUT2D eigenvalue weighted by atomic mass is 9.97. The van der Waals surface area contributed by atoms with Crippen LogP contribution in [0.1, 0.15) is 43.6 Å². The summed E-state index contributed by atoms with van der Waals surface area (Å²) in [6.07, 6.45) is 2.60. The first-order valence-corrected chi connectivity index (χ1v) is 9.10. The average Bonchev–Trinajstić information content (AvgIpc) is 2.81. The molecule has 6 heteroatoms. The zero-order valence-electron chi connectivity index (χ0n) is 16.2. The predicted molar refractivity (Wildman–Crippen MR) is 100 cm³/mol. The predicted octanol–water partition coefficient (Wildman–Crippen LogP) is 1.82. The van der Waals surface area contributed by atoms with E-state index < -0.39 is 0 Å². The Morgan fingerprint density at radius 3 is 2.67 bits per heavy atom. The van der Waals surface area contributed by atoms with E-state index in [9.17, 15) is 0 Å². The van der Waals surface area contributed by atoms with Crippen molar-refractivity contribution in [3.05, 3.63) is 17.0 Å². The summed E-state index contributed by atoms with van der Waals surface area (Å²) in [5, 5.41) is 11.4. The number of rotatable bonds is 5. The summed E-state index contributed by atoms with van der Waals surface area (Å²) in [4.78, 5) is 6.94. The molecule has 6 nitrogen and oxygen atoms in total. The summed E-state index contributed by atoms with van der Waals surface area (Å²) < 4.78 is 1.94. The van der Waals surface area contributed by atoms with Gasteiger partial charge in [-0.25, -0.2) is 0 Å². The first kappa shape index (κ1) is 18.8. The first-order chi connectivity index (χ1) is 11.4. The molecule has 1 saturated heterocycles. The topological polar surface area (TPSA) is 57.5 Å². The van der Waals surface area contributed by atoms with Crippen LogP contribution in [-0.2, 0) is 13.6 Å². The van der Waals surface area contributed by atoms with Crippen LogP contribution < -0.4 is 10.6 Å². The molecule has 1 aromatic rings. The van der Waals surface area contributed by atoms with Crippen LogP contribution >= 0.6 is 0 Å². The molecule has 2 N–H and O–H groups in total. The maximum atomic E-state index is 4.47. The third-order valence-electron chi connectivity index (χ3n) is 5.15. The van der Waals surface area contributed by atoms with Crippen molar-refractivity contribution < 1.29 is 0 Å². The van der Waals surface area contributed by atoms with E-state index in [1.807, 2.05) is 18.8 Å². The molecule has 136 valence electrons. The Bertz CT molecular complexity index is 560. The van der Waals surface area contributed by atoms with E-state index in [1.54, 1.807) is 0 Å². The van der Waals surface area contributed by atoms with E-state index in [2.05, 4.69) is 53.3 Å². The molecule has 0 aliphatic carbocycles. The number of hydrogen-bond donors (Lipinski definition) is 2. The molecule has 0 aromatic carbocycles. The van der Waals surface area contributed by atoms with Crippen molar-refractivity contribution in [1.29, 1.82) is 0 Å². The zero-order chi connectivity index (χ0) is 17.7. The Hall–Kier alpha value is -1.56. The fourth-order valence-electron chi connectivity index (χ4n) is 3.44. The standard InChI is InChI=1S/C18H34N6/c1-13(2)24-9-7-8-16(12-24)10-20-18(19-5)21-11-17-14(3)22-23(6)15(17)4/h13,16H,7-12H2,1-6H3,(H2,19,20,21). The van der Waals surface area contributed by atoms with Crippen molar-refractivity contribution in [2.75, 3.05) is 26.7 Å². The highest BCUT2D eigenvalue weighted by atomic mass is 15.3. The molecule has 1 atom stereocenters. The molecule has 1 unspecified atom stereocenters. The molecule has 24 heavy (non-hydrogen) atoms. The van der Waals surface area contributed by atoms with E-state index in [-0.39, 0.29) is 0 Å². The second kappa shape index (κ2) is 8.51. The largest absolute Gasteiger partial charge is 0.356 e. The van der Waals surface area contributed by atoms with Gasteiger partial charge in [-0.1, -0.05) is 0 Å². The van der Waals surface area contributed by atoms with Crippen LogP contribution in [0.15, 0.2) is 4.99 Å². The third kappa shape index (κ3) is 4.72. The van der Waals surface area contributed by atoms with Gasteiger partial charge in [-0.05, 0) is 53.0 Å². The monoisotopic (exact) mass is 334 g/mol. The molecular weight excluding hydrogens is 300 g/mol. The molecule has 1 fully saturated rings. The minimum absolute atomic E-state index is 0.641. The van der Waals surface area contributed by atoms with E-state index in [0.29, 0.717) is 12.0 Å². The highest BCUT2D eigenvalue weighted by Crippen LogP contribution is 2.17. The van der Waals surface area contributed by atoms with Crippen LogP contribution in [0.2, 0.25) is 0 Å². The van der Waals surface area contributed by atoms with Crippen LogP contribution in [-0.4, -0.2) is 53.4 Å².